The third-order valence-electron chi connectivity index (χ3n) is 4.30. The average Bonchev–Trinajstić information content (AvgIpc) is 2.85. The van der Waals surface area contributed by atoms with E-state index >= 15 is 0 Å². The van der Waals surface area contributed by atoms with Gasteiger partial charge in [0.05, 0.1) is 5.41 Å². The maximum Gasteiger partial charge on any atom is 0.234 e. The molecule has 1 fully saturated rings. The van der Waals surface area contributed by atoms with Crippen LogP contribution >= 0.6 is 12.4 Å². The van der Waals surface area contributed by atoms with E-state index in [-0.39, 0.29) is 23.7 Å². The van der Waals surface area contributed by atoms with Crippen LogP contribution in [0.4, 0.5) is 5.69 Å². The van der Waals surface area contributed by atoms with Gasteiger partial charge in [-0.1, -0.05) is 18.9 Å². The summed E-state index contributed by atoms with van der Waals surface area (Å²) in [5, 5.41) is 0. The van der Waals surface area contributed by atoms with Gasteiger partial charge >= 0.3 is 0 Å². The Balaban J connectivity index is 0.00000200. The first-order valence-corrected chi connectivity index (χ1v) is 7.05. The quantitative estimate of drug-likeness (QED) is 0.931. The van der Waals surface area contributed by atoms with E-state index in [9.17, 15) is 4.79 Å². The Hall–Kier alpha value is -1.06. The number of benzene rings is 1. The lowest BCUT2D eigenvalue weighted by Crippen LogP contribution is -2.45. The Morgan fingerprint density at radius 2 is 1.70 bits per heavy atom. The molecule has 1 aliphatic carbocycles. The van der Waals surface area contributed by atoms with Gasteiger partial charge in [0.25, 0.3) is 0 Å². The van der Waals surface area contributed by atoms with Crippen molar-refractivity contribution in [3.63, 3.8) is 0 Å². The predicted molar refractivity (Wildman–Crippen MR) is 86.5 cm³/mol. The molecule has 1 aromatic carbocycles. The van der Waals surface area contributed by atoms with E-state index in [4.69, 9.17) is 5.73 Å². The number of carbonyl (C=O) groups is 1. The number of anilines is 1. The van der Waals surface area contributed by atoms with Crippen LogP contribution in [0, 0.1) is 19.3 Å². The zero-order valence-corrected chi connectivity index (χ0v) is 13.4. The maximum absolute atomic E-state index is 12.8. The number of rotatable bonds is 3. The Bertz CT molecular complexity index is 461. The first-order chi connectivity index (χ1) is 8.98. The van der Waals surface area contributed by atoms with Gasteiger partial charge in [0.1, 0.15) is 0 Å². The van der Waals surface area contributed by atoms with Crippen molar-refractivity contribution in [1.29, 1.82) is 0 Å². The van der Waals surface area contributed by atoms with E-state index in [1.807, 2.05) is 7.05 Å². The van der Waals surface area contributed by atoms with Crippen LogP contribution in [0.1, 0.15) is 36.8 Å². The molecule has 2 N–H and O–H groups in total. The van der Waals surface area contributed by atoms with Crippen molar-refractivity contribution in [2.24, 2.45) is 11.1 Å². The number of amides is 1. The predicted octanol–water partition coefficient (Wildman–Crippen LogP) is 3.21. The molecule has 0 heterocycles. The summed E-state index contributed by atoms with van der Waals surface area (Å²) < 4.78 is 0. The molecule has 0 bridgehead atoms. The summed E-state index contributed by atoms with van der Waals surface area (Å²) >= 11 is 0. The topological polar surface area (TPSA) is 46.3 Å². The van der Waals surface area contributed by atoms with Crippen LogP contribution < -0.4 is 10.6 Å². The van der Waals surface area contributed by atoms with Crippen LogP contribution in [0.15, 0.2) is 18.2 Å². The van der Waals surface area contributed by atoms with Crippen LogP contribution in [-0.2, 0) is 4.79 Å². The molecule has 20 heavy (non-hydrogen) atoms. The number of aryl methyl sites for hydroxylation is 2. The summed E-state index contributed by atoms with van der Waals surface area (Å²) in [6, 6.07) is 6.24. The normalized spacial score (nSPS) is 16.6. The van der Waals surface area contributed by atoms with Gasteiger partial charge in [0, 0.05) is 19.3 Å². The van der Waals surface area contributed by atoms with E-state index in [1.54, 1.807) is 4.90 Å². The highest BCUT2D eigenvalue weighted by Crippen LogP contribution is 2.39. The summed E-state index contributed by atoms with van der Waals surface area (Å²) in [6.07, 6.45) is 4.09. The summed E-state index contributed by atoms with van der Waals surface area (Å²) in [7, 11) is 1.87. The second kappa shape index (κ2) is 6.59. The summed E-state index contributed by atoms with van der Waals surface area (Å²) in [5.74, 6) is 0.178. The summed E-state index contributed by atoms with van der Waals surface area (Å²) in [6.45, 7) is 4.58. The first-order valence-electron chi connectivity index (χ1n) is 7.05. The molecule has 1 aliphatic rings. The highest BCUT2D eigenvalue weighted by atomic mass is 35.5. The molecule has 1 amide bonds. The van der Waals surface area contributed by atoms with Crippen molar-refractivity contribution in [3.8, 4) is 0 Å². The van der Waals surface area contributed by atoms with Crippen LogP contribution in [0.25, 0.3) is 0 Å². The Kier molecular flexibility index (Phi) is 5.60. The van der Waals surface area contributed by atoms with Gasteiger partial charge in [-0.3, -0.25) is 4.79 Å². The average molecular weight is 297 g/mol. The van der Waals surface area contributed by atoms with E-state index in [0.717, 1.165) is 31.4 Å². The molecule has 4 heteroatoms. The highest BCUT2D eigenvalue weighted by Gasteiger charge is 2.41. The van der Waals surface area contributed by atoms with Gasteiger partial charge in [-0.15, -0.1) is 12.4 Å². The molecular weight excluding hydrogens is 272 g/mol. The highest BCUT2D eigenvalue weighted by molar-refractivity contribution is 5.97. The monoisotopic (exact) mass is 296 g/mol. The molecule has 0 spiro atoms. The van der Waals surface area contributed by atoms with Gasteiger partial charge in [0.15, 0.2) is 0 Å². The zero-order valence-electron chi connectivity index (χ0n) is 12.6. The van der Waals surface area contributed by atoms with Crippen molar-refractivity contribution in [2.75, 3.05) is 18.5 Å². The van der Waals surface area contributed by atoms with Crippen LogP contribution in [0.5, 0.6) is 0 Å². The lowest BCUT2D eigenvalue weighted by molar-refractivity contribution is -0.127. The molecule has 0 radical (unpaired) electrons. The van der Waals surface area contributed by atoms with Gasteiger partial charge in [0.2, 0.25) is 5.91 Å². The molecule has 0 aliphatic heterocycles. The molecule has 2 rings (SSSR count). The Morgan fingerprint density at radius 3 is 2.15 bits per heavy atom. The number of nitrogens with zero attached hydrogens (tertiary/aromatic N) is 1. The third kappa shape index (κ3) is 3.15. The van der Waals surface area contributed by atoms with Crippen molar-refractivity contribution >= 4 is 24.0 Å². The van der Waals surface area contributed by atoms with Gasteiger partial charge in [-0.05, 0) is 49.9 Å². The van der Waals surface area contributed by atoms with Crippen molar-refractivity contribution in [1.82, 2.24) is 0 Å². The molecule has 0 aromatic heterocycles. The third-order valence-corrected chi connectivity index (χ3v) is 4.30. The van der Waals surface area contributed by atoms with E-state index < -0.39 is 0 Å². The second-order valence-electron chi connectivity index (χ2n) is 5.90. The fraction of sp³-hybridized carbons (Fsp3) is 0.562. The van der Waals surface area contributed by atoms with Gasteiger partial charge in [-0.25, -0.2) is 0 Å². The molecular formula is C16H25ClN2O. The minimum Gasteiger partial charge on any atom is -0.329 e. The Morgan fingerprint density at radius 1 is 1.20 bits per heavy atom. The van der Waals surface area contributed by atoms with E-state index in [1.165, 1.54) is 11.1 Å². The Labute approximate surface area is 127 Å². The second-order valence-corrected chi connectivity index (χ2v) is 5.90. The summed E-state index contributed by atoms with van der Waals surface area (Å²) in [5.41, 5.74) is 8.91. The standard InChI is InChI=1S/C16H24N2O.ClH/c1-12-8-13(2)10-14(9-12)18(3)15(19)16(11-17)6-4-5-7-16;/h8-10H,4-7,11,17H2,1-3H3;1H. The minimum absolute atomic E-state index is 0. The van der Waals surface area contributed by atoms with E-state index in [2.05, 4.69) is 32.0 Å². The lowest BCUT2D eigenvalue weighted by Gasteiger charge is -2.31. The largest absolute Gasteiger partial charge is 0.329 e. The SMILES string of the molecule is Cc1cc(C)cc(N(C)C(=O)C2(CN)CCCC2)c1.Cl. The van der Waals surface area contributed by atoms with Crippen molar-refractivity contribution in [2.45, 2.75) is 39.5 Å². The number of carbonyl (C=O) groups excluding carboxylic acids is 1. The fourth-order valence-corrected chi connectivity index (χ4v) is 3.17. The van der Waals surface area contributed by atoms with Crippen molar-refractivity contribution in [3.05, 3.63) is 29.3 Å². The molecule has 112 valence electrons. The summed E-state index contributed by atoms with van der Waals surface area (Å²) in [4.78, 5) is 14.6. The number of nitrogens with two attached hydrogens (primary N) is 1. The smallest absolute Gasteiger partial charge is 0.234 e. The molecule has 1 aromatic rings. The number of hydrogen-bond acceptors (Lipinski definition) is 2. The molecule has 0 atom stereocenters. The first kappa shape index (κ1) is 17.0. The molecule has 3 nitrogen and oxygen atoms in total. The number of hydrogen-bond donors (Lipinski definition) is 1. The molecule has 0 unspecified atom stereocenters. The fourth-order valence-electron chi connectivity index (χ4n) is 3.17. The minimum atomic E-state index is -0.327. The van der Waals surface area contributed by atoms with Crippen LogP contribution in [0.3, 0.4) is 0 Å². The van der Waals surface area contributed by atoms with Gasteiger partial charge < -0.3 is 10.6 Å². The zero-order chi connectivity index (χ0) is 14.0. The van der Waals surface area contributed by atoms with Crippen LogP contribution in [0.2, 0.25) is 0 Å². The van der Waals surface area contributed by atoms with Gasteiger partial charge in [-0.2, -0.15) is 0 Å². The van der Waals surface area contributed by atoms with Crippen LogP contribution in [-0.4, -0.2) is 19.5 Å². The lowest BCUT2D eigenvalue weighted by atomic mass is 9.84. The molecule has 1 saturated carbocycles. The van der Waals surface area contributed by atoms with E-state index in [0.29, 0.717) is 6.54 Å². The number of halogens is 1. The maximum atomic E-state index is 12.8. The van der Waals surface area contributed by atoms with Crippen molar-refractivity contribution < 1.29 is 4.79 Å². The molecule has 0 saturated heterocycles.